The summed E-state index contributed by atoms with van der Waals surface area (Å²) in [6.07, 6.45) is 2.06. The van der Waals surface area contributed by atoms with Gasteiger partial charge in [-0.1, -0.05) is 17.7 Å². The van der Waals surface area contributed by atoms with Crippen molar-refractivity contribution >= 4 is 39.2 Å². The first kappa shape index (κ1) is 21.5. The maximum atomic E-state index is 12.9. The van der Waals surface area contributed by atoms with Gasteiger partial charge in [-0.25, -0.2) is 8.42 Å². The van der Waals surface area contributed by atoms with Crippen LogP contribution in [0.15, 0.2) is 18.2 Å². The lowest BCUT2D eigenvalue weighted by Crippen LogP contribution is -2.51. The van der Waals surface area contributed by atoms with Gasteiger partial charge in [0, 0.05) is 18.1 Å². The molecular formula is C18H25ClN2O5S. The predicted octanol–water partition coefficient (Wildman–Crippen LogP) is 2.21. The number of likely N-dealkylation sites (tertiary alicyclic amines) is 1. The Kier molecular flexibility index (Phi) is 6.75. The van der Waals surface area contributed by atoms with E-state index in [4.69, 9.17) is 16.3 Å². The standard InChI is InChI=1S/C18H25ClN2O5S/c1-12-5-6-15(11-16(12)19)21(27(4,24)25)13(2)17(22)20-9-7-14(8-10-20)18(23)26-3/h5-6,11,13-14H,7-10H2,1-4H3. The van der Waals surface area contributed by atoms with E-state index in [1.54, 1.807) is 30.0 Å². The molecular weight excluding hydrogens is 392 g/mol. The number of carbonyl (C=O) groups is 2. The number of carbonyl (C=O) groups excluding carboxylic acids is 2. The van der Waals surface area contributed by atoms with Gasteiger partial charge in [-0.2, -0.15) is 0 Å². The molecule has 1 saturated heterocycles. The second-order valence-electron chi connectivity index (χ2n) is 6.79. The van der Waals surface area contributed by atoms with Gasteiger partial charge in [-0.05, 0) is 44.4 Å². The summed E-state index contributed by atoms with van der Waals surface area (Å²) < 4.78 is 30.6. The van der Waals surface area contributed by atoms with E-state index in [0.717, 1.165) is 16.1 Å². The van der Waals surface area contributed by atoms with Crippen LogP contribution in [0.5, 0.6) is 0 Å². The van der Waals surface area contributed by atoms with Crippen molar-refractivity contribution in [2.24, 2.45) is 5.92 Å². The number of hydrogen-bond acceptors (Lipinski definition) is 5. The average molecular weight is 417 g/mol. The Bertz CT molecular complexity index is 819. The van der Waals surface area contributed by atoms with Gasteiger partial charge in [0.15, 0.2) is 0 Å². The number of amides is 1. The van der Waals surface area contributed by atoms with Gasteiger partial charge in [-0.15, -0.1) is 0 Å². The lowest BCUT2D eigenvalue weighted by atomic mass is 9.96. The summed E-state index contributed by atoms with van der Waals surface area (Å²) in [5.74, 6) is -0.807. The molecule has 1 aliphatic rings. The smallest absolute Gasteiger partial charge is 0.308 e. The third-order valence-electron chi connectivity index (χ3n) is 4.82. The summed E-state index contributed by atoms with van der Waals surface area (Å²) >= 11 is 6.14. The van der Waals surface area contributed by atoms with E-state index >= 15 is 0 Å². The number of nitrogens with zero attached hydrogens (tertiary/aromatic N) is 2. The fourth-order valence-electron chi connectivity index (χ4n) is 3.29. The Morgan fingerprint density at radius 2 is 1.89 bits per heavy atom. The summed E-state index contributed by atoms with van der Waals surface area (Å²) in [6.45, 7) is 4.14. The lowest BCUT2D eigenvalue weighted by molar-refractivity contribution is -0.149. The van der Waals surface area contributed by atoms with Crippen LogP contribution in [0.25, 0.3) is 0 Å². The normalized spacial score (nSPS) is 16.7. The number of hydrogen-bond donors (Lipinski definition) is 0. The van der Waals surface area contributed by atoms with Crippen molar-refractivity contribution in [3.8, 4) is 0 Å². The molecule has 0 aromatic heterocycles. The SMILES string of the molecule is COC(=O)C1CCN(C(=O)C(C)N(c2ccc(C)c(Cl)c2)S(C)(=O)=O)CC1. The molecule has 0 N–H and O–H groups in total. The largest absolute Gasteiger partial charge is 0.469 e. The highest BCUT2D eigenvalue weighted by Gasteiger charge is 2.35. The van der Waals surface area contributed by atoms with E-state index < -0.39 is 16.1 Å². The van der Waals surface area contributed by atoms with E-state index in [-0.39, 0.29) is 17.8 Å². The molecule has 1 atom stereocenters. The van der Waals surface area contributed by atoms with Crippen LogP contribution in [0.4, 0.5) is 5.69 Å². The molecule has 1 fully saturated rings. The molecule has 27 heavy (non-hydrogen) atoms. The molecule has 1 unspecified atom stereocenters. The number of halogens is 1. The molecule has 9 heteroatoms. The van der Waals surface area contributed by atoms with Gasteiger partial charge in [-0.3, -0.25) is 13.9 Å². The molecule has 0 radical (unpaired) electrons. The zero-order valence-corrected chi connectivity index (χ0v) is 17.5. The van der Waals surface area contributed by atoms with Crippen LogP contribution in [0, 0.1) is 12.8 Å². The maximum Gasteiger partial charge on any atom is 0.308 e. The molecule has 0 spiro atoms. The quantitative estimate of drug-likeness (QED) is 0.687. The number of aryl methyl sites for hydroxylation is 1. The molecule has 1 heterocycles. The van der Waals surface area contributed by atoms with Crippen LogP contribution in [-0.2, 0) is 24.3 Å². The molecule has 7 nitrogen and oxygen atoms in total. The Morgan fingerprint density at radius 3 is 2.37 bits per heavy atom. The minimum Gasteiger partial charge on any atom is -0.469 e. The second-order valence-corrected chi connectivity index (χ2v) is 9.06. The third-order valence-corrected chi connectivity index (χ3v) is 6.47. The lowest BCUT2D eigenvalue weighted by Gasteiger charge is -2.36. The van der Waals surface area contributed by atoms with Crippen LogP contribution in [0.1, 0.15) is 25.3 Å². The van der Waals surface area contributed by atoms with Gasteiger partial charge in [0.2, 0.25) is 15.9 Å². The Hall–Kier alpha value is -1.80. The number of sulfonamides is 1. The first-order valence-corrected chi connectivity index (χ1v) is 10.9. The molecule has 150 valence electrons. The van der Waals surface area contributed by atoms with E-state index in [1.807, 2.05) is 6.92 Å². The fraction of sp³-hybridized carbons (Fsp3) is 0.556. The molecule has 1 amide bonds. The zero-order valence-electron chi connectivity index (χ0n) is 15.9. The number of anilines is 1. The molecule has 1 aromatic rings. The molecule has 0 aliphatic carbocycles. The number of ether oxygens (including phenoxy) is 1. The van der Waals surface area contributed by atoms with E-state index in [2.05, 4.69) is 0 Å². The van der Waals surface area contributed by atoms with Crippen molar-refractivity contribution in [2.45, 2.75) is 32.7 Å². The summed E-state index contributed by atoms with van der Waals surface area (Å²) in [5.41, 5.74) is 1.16. The van der Waals surface area contributed by atoms with E-state index in [0.29, 0.717) is 36.6 Å². The van der Waals surface area contributed by atoms with Crippen molar-refractivity contribution in [1.82, 2.24) is 4.90 Å². The predicted molar refractivity (Wildman–Crippen MR) is 104 cm³/mol. The van der Waals surface area contributed by atoms with Crippen molar-refractivity contribution in [2.75, 3.05) is 30.8 Å². The van der Waals surface area contributed by atoms with Gasteiger partial charge >= 0.3 is 5.97 Å². The summed E-state index contributed by atoms with van der Waals surface area (Å²) in [4.78, 5) is 26.2. The van der Waals surface area contributed by atoms with Crippen LogP contribution >= 0.6 is 11.6 Å². The van der Waals surface area contributed by atoms with Crippen LogP contribution in [-0.4, -0.2) is 57.7 Å². The molecule has 1 aliphatic heterocycles. The van der Waals surface area contributed by atoms with Gasteiger partial charge in [0.25, 0.3) is 0 Å². The molecule has 0 saturated carbocycles. The first-order valence-electron chi connectivity index (χ1n) is 8.68. The average Bonchev–Trinajstić information content (AvgIpc) is 2.62. The number of esters is 1. The number of rotatable bonds is 5. The Morgan fingerprint density at radius 1 is 1.30 bits per heavy atom. The van der Waals surface area contributed by atoms with Crippen LogP contribution < -0.4 is 4.31 Å². The number of benzene rings is 1. The summed E-state index contributed by atoms with van der Waals surface area (Å²) in [5, 5.41) is 0.430. The fourth-order valence-corrected chi connectivity index (χ4v) is 4.62. The monoisotopic (exact) mass is 416 g/mol. The van der Waals surface area contributed by atoms with Crippen LogP contribution in [0.2, 0.25) is 5.02 Å². The number of piperidine rings is 1. The van der Waals surface area contributed by atoms with Crippen molar-refractivity contribution < 1.29 is 22.7 Å². The highest BCUT2D eigenvalue weighted by Crippen LogP contribution is 2.28. The summed E-state index contributed by atoms with van der Waals surface area (Å²) in [7, 11) is -2.36. The Labute approximate surface area is 165 Å². The molecule has 2 rings (SSSR count). The van der Waals surface area contributed by atoms with Crippen molar-refractivity contribution in [3.63, 3.8) is 0 Å². The highest BCUT2D eigenvalue weighted by molar-refractivity contribution is 7.92. The highest BCUT2D eigenvalue weighted by atomic mass is 35.5. The minimum atomic E-state index is -3.71. The zero-order chi connectivity index (χ0) is 20.4. The molecule has 0 bridgehead atoms. The van der Waals surface area contributed by atoms with Crippen LogP contribution in [0.3, 0.4) is 0 Å². The second kappa shape index (κ2) is 8.48. The van der Waals surface area contributed by atoms with E-state index in [9.17, 15) is 18.0 Å². The summed E-state index contributed by atoms with van der Waals surface area (Å²) in [6, 6.07) is 3.98. The topological polar surface area (TPSA) is 84.0 Å². The minimum absolute atomic E-state index is 0.226. The van der Waals surface area contributed by atoms with Crippen molar-refractivity contribution in [1.29, 1.82) is 0 Å². The Balaban J connectivity index is 2.21. The number of methoxy groups -OCH3 is 1. The first-order chi connectivity index (χ1) is 12.6. The van der Waals surface area contributed by atoms with Crippen molar-refractivity contribution in [3.05, 3.63) is 28.8 Å². The van der Waals surface area contributed by atoms with Gasteiger partial charge < -0.3 is 9.64 Å². The van der Waals surface area contributed by atoms with Gasteiger partial charge in [0.05, 0.1) is 25.0 Å². The maximum absolute atomic E-state index is 12.9. The van der Waals surface area contributed by atoms with E-state index in [1.165, 1.54) is 7.11 Å². The molecule has 1 aromatic carbocycles. The third kappa shape index (κ3) is 4.93. The van der Waals surface area contributed by atoms with Gasteiger partial charge in [0.1, 0.15) is 6.04 Å².